The van der Waals surface area contributed by atoms with E-state index in [0.717, 1.165) is 38.5 Å². The van der Waals surface area contributed by atoms with Gasteiger partial charge in [0.05, 0.1) is 11.7 Å². The third-order valence-electron chi connectivity index (χ3n) is 4.97. The summed E-state index contributed by atoms with van der Waals surface area (Å²) >= 11 is 0. The number of hydrogen-bond donors (Lipinski definition) is 2. The maximum atomic E-state index is 10.5. The number of ether oxygens (including phenoxy) is 1. The molecule has 19 heavy (non-hydrogen) atoms. The van der Waals surface area contributed by atoms with E-state index in [4.69, 9.17) is 4.74 Å². The molecule has 3 heteroatoms. The van der Waals surface area contributed by atoms with Crippen LogP contribution in [-0.2, 0) is 4.74 Å². The molecule has 2 fully saturated rings. The van der Waals surface area contributed by atoms with E-state index in [9.17, 15) is 5.11 Å². The van der Waals surface area contributed by atoms with Crippen LogP contribution in [0.3, 0.4) is 0 Å². The van der Waals surface area contributed by atoms with Crippen molar-refractivity contribution in [3.8, 4) is 0 Å². The molecule has 0 radical (unpaired) electrons. The van der Waals surface area contributed by atoms with Crippen molar-refractivity contribution >= 4 is 0 Å². The first-order chi connectivity index (χ1) is 9.22. The third kappa shape index (κ3) is 5.05. The van der Waals surface area contributed by atoms with E-state index in [-0.39, 0.29) is 0 Å². The summed E-state index contributed by atoms with van der Waals surface area (Å²) in [5.41, 5.74) is -0.435. The standard InChI is InChI=1S/C16H31NO2/c1-2-14-7-9-16(18,10-8-14)13-17-11-3-5-15-6-4-12-19-15/h14-15,17-18H,2-13H2,1H3. The Morgan fingerprint density at radius 1 is 1.26 bits per heavy atom. The monoisotopic (exact) mass is 269 g/mol. The predicted molar refractivity (Wildman–Crippen MR) is 78.3 cm³/mol. The van der Waals surface area contributed by atoms with Crippen LogP contribution in [0.2, 0.25) is 0 Å². The molecule has 2 N–H and O–H groups in total. The van der Waals surface area contributed by atoms with Crippen molar-refractivity contribution in [1.29, 1.82) is 0 Å². The molecule has 0 bridgehead atoms. The van der Waals surface area contributed by atoms with Gasteiger partial charge in [-0.1, -0.05) is 13.3 Å². The fraction of sp³-hybridized carbons (Fsp3) is 1.00. The molecule has 0 amide bonds. The van der Waals surface area contributed by atoms with E-state index in [1.165, 1.54) is 44.9 Å². The quantitative estimate of drug-likeness (QED) is 0.698. The molecule has 1 aliphatic heterocycles. The lowest BCUT2D eigenvalue weighted by Gasteiger charge is -2.36. The largest absolute Gasteiger partial charge is 0.389 e. The van der Waals surface area contributed by atoms with E-state index < -0.39 is 5.60 Å². The molecular weight excluding hydrogens is 238 g/mol. The zero-order chi connectivity index (χ0) is 13.6. The van der Waals surface area contributed by atoms with Crippen molar-refractivity contribution in [3.63, 3.8) is 0 Å². The normalized spacial score (nSPS) is 35.7. The van der Waals surface area contributed by atoms with Gasteiger partial charge in [0.15, 0.2) is 0 Å². The molecule has 3 nitrogen and oxygen atoms in total. The van der Waals surface area contributed by atoms with Gasteiger partial charge in [0.1, 0.15) is 0 Å². The van der Waals surface area contributed by atoms with Gasteiger partial charge in [0.25, 0.3) is 0 Å². The molecule has 1 atom stereocenters. The van der Waals surface area contributed by atoms with Crippen LogP contribution in [0.4, 0.5) is 0 Å². The summed E-state index contributed by atoms with van der Waals surface area (Å²) in [6.45, 7) is 5.00. The topological polar surface area (TPSA) is 41.5 Å². The minimum Gasteiger partial charge on any atom is -0.389 e. The fourth-order valence-corrected chi connectivity index (χ4v) is 3.45. The summed E-state index contributed by atoms with van der Waals surface area (Å²) in [6, 6.07) is 0. The summed E-state index contributed by atoms with van der Waals surface area (Å²) in [4.78, 5) is 0. The summed E-state index contributed by atoms with van der Waals surface area (Å²) in [6.07, 6.45) is 10.9. The van der Waals surface area contributed by atoms with Gasteiger partial charge >= 0.3 is 0 Å². The molecule has 1 unspecified atom stereocenters. The summed E-state index contributed by atoms with van der Waals surface area (Å²) in [5, 5.41) is 14.0. The Labute approximate surface area is 118 Å². The molecule has 0 spiro atoms. The maximum absolute atomic E-state index is 10.5. The molecule has 112 valence electrons. The van der Waals surface area contributed by atoms with Crippen molar-refractivity contribution < 1.29 is 9.84 Å². The van der Waals surface area contributed by atoms with E-state index >= 15 is 0 Å². The fourth-order valence-electron chi connectivity index (χ4n) is 3.45. The van der Waals surface area contributed by atoms with Crippen molar-refractivity contribution in [3.05, 3.63) is 0 Å². The molecule has 2 rings (SSSR count). The van der Waals surface area contributed by atoms with Gasteiger partial charge in [-0.05, 0) is 63.8 Å². The van der Waals surface area contributed by atoms with Gasteiger partial charge in [0.2, 0.25) is 0 Å². The van der Waals surface area contributed by atoms with Crippen LogP contribution in [0.25, 0.3) is 0 Å². The Balaban J connectivity index is 1.52. The summed E-state index contributed by atoms with van der Waals surface area (Å²) < 4.78 is 5.62. The Morgan fingerprint density at radius 3 is 2.68 bits per heavy atom. The van der Waals surface area contributed by atoms with Crippen LogP contribution in [0.1, 0.15) is 64.7 Å². The Morgan fingerprint density at radius 2 is 2.05 bits per heavy atom. The van der Waals surface area contributed by atoms with Crippen molar-refractivity contribution in [2.24, 2.45) is 5.92 Å². The minimum atomic E-state index is -0.435. The van der Waals surface area contributed by atoms with Crippen LogP contribution in [0, 0.1) is 5.92 Å². The highest BCUT2D eigenvalue weighted by Crippen LogP contribution is 2.33. The zero-order valence-corrected chi connectivity index (χ0v) is 12.5. The first kappa shape index (κ1) is 15.3. The molecule has 1 aliphatic carbocycles. The predicted octanol–water partition coefficient (Wildman–Crippen LogP) is 2.87. The molecular formula is C16H31NO2. The van der Waals surface area contributed by atoms with Crippen LogP contribution >= 0.6 is 0 Å². The van der Waals surface area contributed by atoms with Gasteiger partial charge in [-0.2, -0.15) is 0 Å². The average Bonchev–Trinajstić information content (AvgIpc) is 2.92. The SMILES string of the molecule is CCC1CCC(O)(CNCCCC2CCCO2)CC1. The number of aliphatic hydroxyl groups is 1. The third-order valence-corrected chi connectivity index (χ3v) is 4.97. The lowest BCUT2D eigenvalue weighted by atomic mass is 9.78. The second-order valence-corrected chi connectivity index (χ2v) is 6.53. The highest BCUT2D eigenvalue weighted by atomic mass is 16.5. The Bertz CT molecular complexity index is 243. The van der Waals surface area contributed by atoms with Gasteiger partial charge in [-0.25, -0.2) is 0 Å². The lowest BCUT2D eigenvalue weighted by Crippen LogP contribution is -2.43. The summed E-state index contributed by atoms with van der Waals surface area (Å²) in [5.74, 6) is 0.847. The van der Waals surface area contributed by atoms with Gasteiger partial charge in [-0.15, -0.1) is 0 Å². The Kier molecular flexibility index (Phi) is 6.11. The molecule has 1 saturated heterocycles. The summed E-state index contributed by atoms with van der Waals surface area (Å²) in [7, 11) is 0. The number of hydrogen-bond acceptors (Lipinski definition) is 3. The molecule has 0 aromatic carbocycles. The molecule has 0 aromatic heterocycles. The van der Waals surface area contributed by atoms with Crippen LogP contribution in [0.5, 0.6) is 0 Å². The highest BCUT2D eigenvalue weighted by Gasteiger charge is 2.31. The van der Waals surface area contributed by atoms with Crippen LogP contribution in [0.15, 0.2) is 0 Å². The van der Waals surface area contributed by atoms with E-state index in [2.05, 4.69) is 12.2 Å². The van der Waals surface area contributed by atoms with Gasteiger partial charge in [-0.3, -0.25) is 0 Å². The maximum Gasteiger partial charge on any atom is 0.0771 e. The van der Waals surface area contributed by atoms with Crippen molar-refractivity contribution in [2.45, 2.75) is 76.4 Å². The van der Waals surface area contributed by atoms with Gasteiger partial charge in [0, 0.05) is 13.2 Å². The second-order valence-electron chi connectivity index (χ2n) is 6.53. The van der Waals surface area contributed by atoms with Crippen LogP contribution < -0.4 is 5.32 Å². The number of rotatable bonds is 7. The molecule has 2 aliphatic rings. The van der Waals surface area contributed by atoms with Crippen LogP contribution in [-0.4, -0.2) is 36.5 Å². The lowest BCUT2D eigenvalue weighted by molar-refractivity contribution is -0.00863. The first-order valence-corrected chi connectivity index (χ1v) is 8.26. The smallest absolute Gasteiger partial charge is 0.0771 e. The van der Waals surface area contributed by atoms with Crippen molar-refractivity contribution in [1.82, 2.24) is 5.32 Å². The van der Waals surface area contributed by atoms with Crippen molar-refractivity contribution in [2.75, 3.05) is 19.7 Å². The molecule has 1 heterocycles. The Hall–Kier alpha value is -0.120. The average molecular weight is 269 g/mol. The molecule has 1 saturated carbocycles. The zero-order valence-electron chi connectivity index (χ0n) is 12.5. The van der Waals surface area contributed by atoms with E-state index in [1.807, 2.05) is 0 Å². The first-order valence-electron chi connectivity index (χ1n) is 8.26. The minimum absolute atomic E-state index is 0.435. The van der Waals surface area contributed by atoms with E-state index in [1.54, 1.807) is 0 Å². The van der Waals surface area contributed by atoms with Gasteiger partial charge < -0.3 is 15.2 Å². The highest BCUT2D eigenvalue weighted by molar-refractivity contribution is 4.87. The number of nitrogens with one attached hydrogen (secondary N) is 1. The second kappa shape index (κ2) is 7.61. The molecule has 0 aromatic rings. The van der Waals surface area contributed by atoms with E-state index in [0.29, 0.717) is 6.10 Å².